The van der Waals surface area contributed by atoms with Crippen molar-refractivity contribution in [1.29, 1.82) is 0 Å². The summed E-state index contributed by atoms with van der Waals surface area (Å²) >= 11 is 0. The molecule has 0 spiro atoms. The third kappa shape index (κ3) is 3.26. The first-order valence-corrected chi connectivity index (χ1v) is 6.51. The van der Waals surface area contributed by atoms with Crippen LogP contribution in [0.2, 0.25) is 0 Å². The highest BCUT2D eigenvalue weighted by Crippen LogP contribution is 2.16. The number of aliphatic hydroxyl groups excluding tert-OH is 1. The number of aromatic nitrogens is 3. The molecular weight excluding hydrogens is 216 g/mol. The van der Waals surface area contributed by atoms with E-state index in [0.29, 0.717) is 5.92 Å². The minimum atomic E-state index is 0.224. The molecule has 1 aliphatic rings. The van der Waals surface area contributed by atoms with E-state index in [1.165, 1.54) is 12.8 Å². The van der Waals surface area contributed by atoms with Crippen molar-refractivity contribution in [3.05, 3.63) is 11.6 Å². The van der Waals surface area contributed by atoms with Crippen LogP contribution in [0.15, 0.2) is 0 Å². The highest BCUT2D eigenvalue weighted by atomic mass is 16.3. The Kier molecular flexibility index (Phi) is 4.50. The second-order valence-corrected chi connectivity index (χ2v) is 4.81. The summed E-state index contributed by atoms with van der Waals surface area (Å²) in [5.41, 5.74) is 0. The average Bonchev–Trinajstić information content (AvgIpc) is 2.69. The number of nitrogens with zero attached hydrogens (tertiary/aromatic N) is 3. The van der Waals surface area contributed by atoms with Gasteiger partial charge in [-0.15, -0.1) is 10.2 Å². The molecule has 0 bridgehead atoms. The molecule has 2 heterocycles. The van der Waals surface area contributed by atoms with Crippen LogP contribution in [0.25, 0.3) is 0 Å². The molecule has 96 valence electrons. The van der Waals surface area contributed by atoms with E-state index in [2.05, 4.69) is 20.1 Å². The SMILES string of the molecule is Cc1nnc(CC2CCCNC2)n1CCCO. The Morgan fingerprint density at radius 2 is 2.35 bits per heavy atom. The fourth-order valence-corrected chi connectivity index (χ4v) is 2.45. The quantitative estimate of drug-likeness (QED) is 0.784. The Balaban J connectivity index is 1.98. The Labute approximate surface area is 102 Å². The number of rotatable bonds is 5. The first kappa shape index (κ1) is 12.5. The lowest BCUT2D eigenvalue weighted by atomic mass is 9.96. The molecular formula is C12H22N4O. The molecule has 1 aliphatic heterocycles. The Bertz CT molecular complexity index is 344. The number of aliphatic hydroxyl groups is 1. The van der Waals surface area contributed by atoms with Crippen molar-refractivity contribution >= 4 is 0 Å². The van der Waals surface area contributed by atoms with Gasteiger partial charge in [-0.05, 0) is 45.2 Å². The summed E-state index contributed by atoms with van der Waals surface area (Å²) in [5, 5.41) is 20.7. The largest absolute Gasteiger partial charge is 0.396 e. The van der Waals surface area contributed by atoms with Gasteiger partial charge < -0.3 is 15.0 Å². The van der Waals surface area contributed by atoms with Crippen molar-refractivity contribution in [2.24, 2.45) is 5.92 Å². The van der Waals surface area contributed by atoms with E-state index in [1.54, 1.807) is 0 Å². The molecule has 1 aromatic heterocycles. The summed E-state index contributed by atoms with van der Waals surface area (Å²) in [6.07, 6.45) is 4.31. The third-order valence-corrected chi connectivity index (χ3v) is 3.42. The van der Waals surface area contributed by atoms with E-state index in [4.69, 9.17) is 5.11 Å². The molecule has 5 heteroatoms. The van der Waals surface area contributed by atoms with E-state index in [0.717, 1.165) is 44.1 Å². The van der Waals surface area contributed by atoms with E-state index in [1.807, 2.05) is 6.92 Å². The molecule has 0 saturated carbocycles. The minimum absolute atomic E-state index is 0.224. The van der Waals surface area contributed by atoms with E-state index in [9.17, 15) is 0 Å². The normalized spacial score (nSPS) is 20.7. The van der Waals surface area contributed by atoms with Crippen molar-refractivity contribution in [3.8, 4) is 0 Å². The maximum absolute atomic E-state index is 8.90. The summed E-state index contributed by atoms with van der Waals surface area (Å²) in [4.78, 5) is 0. The molecule has 0 aliphatic carbocycles. The minimum Gasteiger partial charge on any atom is -0.396 e. The van der Waals surface area contributed by atoms with Crippen LogP contribution in [-0.4, -0.2) is 39.6 Å². The van der Waals surface area contributed by atoms with Crippen LogP contribution < -0.4 is 5.32 Å². The van der Waals surface area contributed by atoms with Gasteiger partial charge in [0.2, 0.25) is 0 Å². The van der Waals surface area contributed by atoms with Crippen molar-refractivity contribution in [1.82, 2.24) is 20.1 Å². The second-order valence-electron chi connectivity index (χ2n) is 4.81. The summed E-state index contributed by atoms with van der Waals surface area (Å²) in [5.74, 6) is 2.71. The lowest BCUT2D eigenvalue weighted by Crippen LogP contribution is -2.31. The lowest BCUT2D eigenvalue weighted by Gasteiger charge is -2.22. The van der Waals surface area contributed by atoms with Gasteiger partial charge in [-0.3, -0.25) is 0 Å². The van der Waals surface area contributed by atoms with Crippen LogP contribution in [0.1, 0.15) is 30.9 Å². The molecule has 1 atom stereocenters. The van der Waals surface area contributed by atoms with Crippen molar-refractivity contribution in [2.45, 2.75) is 39.2 Å². The molecule has 0 aromatic carbocycles. The van der Waals surface area contributed by atoms with Gasteiger partial charge in [0, 0.05) is 19.6 Å². The van der Waals surface area contributed by atoms with Crippen LogP contribution in [-0.2, 0) is 13.0 Å². The van der Waals surface area contributed by atoms with E-state index >= 15 is 0 Å². The number of aryl methyl sites for hydroxylation is 1. The fraction of sp³-hybridized carbons (Fsp3) is 0.833. The molecule has 1 fully saturated rings. The monoisotopic (exact) mass is 238 g/mol. The van der Waals surface area contributed by atoms with Gasteiger partial charge in [-0.1, -0.05) is 0 Å². The Hall–Kier alpha value is -0.940. The molecule has 0 amide bonds. The van der Waals surface area contributed by atoms with Crippen LogP contribution in [0, 0.1) is 12.8 Å². The van der Waals surface area contributed by atoms with Gasteiger partial charge in [-0.2, -0.15) is 0 Å². The molecule has 5 nitrogen and oxygen atoms in total. The van der Waals surface area contributed by atoms with Gasteiger partial charge in [0.05, 0.1) is 0 Å². The molecule has 1 unspecified atom stereocenters. The highest BCUT2D eigenvalue weighted by molar-refractivity contribution is 4.96. The van der Waals surface area contributed by atoms with Gasteiger partial charge in [0.15, 0.2) is 0 Å². The second kappa shape index (κ2) is 6.12. The summed E-state index contributed by atoms with van der Waals surface area (Å²) in [6.45, 7) is 5.26. The maximum Gasteiger partial charge on any atom is 0.133 e. The first-order valence-electron chi connectivity index (χ1n) is 6.51. The van der Waals surface area contributed by atoms with Crippen LogP contribution >= 0.6 is 0 Å². The highest BCUT2D eigenvalue weighted by Gasteiger charge is 2.17. The Morgan fingerprint density at radius 1 is 1.47 bits per heavy atom. The molecule has 0 radical (unpaired) electrons. The summed E-state index contributed by atoms with van der Waals surface area (Å²) < 4.78 is 2.14. The first-order chi connectivity index (χ1) is 8.31. The topological polar surface area (TPSA) is 63.0 Å². The average molecular weight is 238 g/mol. The number of hydrogen-bond donors (Lipinski definition) is 2. The van der Waals surface area contributed by atoms with E-state index in [-0.39, 0.29) is 6.61 Å². The predicted octanol–water partition coefficient (Wildman–Crippen LogP) is 0.511. The van der Waals surface area contributed by atoms with Gasteiger partial charge in [0.1, 0.15) is 11.6 Å². The Morgan fingerprint density at radius 3 is 3.06 bits per heavy atom. The van der Waals surface area contributed by atoms with Crippen LogP contribution in [0.4, 0.5) is 0 Å². The predicted molar refractivity (Wildman–Crippen MR) is 65.8 cm³/mol. The summed E-state index contributed by atoms with van der Waals surface area (Å²) in [7, 11) is 0. The molecule has 2 rings (SSSR count). The molecule has 2 N–H and O–H groups in total. The van der Waals surface area contributed by atoms with Crippen molar-refractivity contribution in [2.75, 3.05) is 19.7 Å². The van der Waals surface area contributed by atoms with Gasteiger partial charge in [-0.25, -0.2) is 0 Å². The van der Waals surface area contributed by atoms with Crippen molar-refractivity contribution in [3.63, 3.8) is 0 Å². The number of nitrogens with one attached hydrogen (secondary N) is 1. The number of piperidine rings is 1. The third-order valence-electron chi connectivity index (χ3n) is 3.42. The fourth-order valence-electron chi connectivity index (χ4n) is 2.45. The van der Waals surface area contributed by atoms with Gasteiger partial charge in [0.25, 0.3) is 0 Å². The summed E-state index contributed by atoms with van der Waals surface area (Å²) in [6, 6.07) is 0. The van der Waals surface area contributed by atoms with Crippen molar-refractivity contribution < 1.29 is 5.11 Å². The molecule has 17 heavy (non-hydrogen) atoms. The van der Waals surface area contributed by atoms with E-state index < -0.39 is 0 Å². The number of hydrogen-bond acceptors (Lipinski definition) is 4. The molecule has 1 aromatic rings. The van der Waals surface area contributed by atoms with Crippen LogP contribution in [0.5, 0.6) is 0 Å². The standard InChI is InChI=1S/C12H22N4O/c1-10-14-15-12(16(10)6-3-7-17)8-11-4-2-5-13-9-11/h11,13,17H,2-9H2,1H3. The zero-order valence-corrected chi connectivity index (χ0v) is 10.5. The zero-order valence-electron chi connectivity index (χ0n) is 10.5. The smallest absolute Gasteiger partial charge is 0.133 e. The van der Waals surface area contributed by atoms with Gasteiger partial charge >= 0.3 is 0 Å². The van der Waals surface area contributed by atoms with Crippen LogP contribution in [0.3, 0.4) is 0 Å². The zero-order chi connectivity index (χ0) is 12.1. The molecule has 1 saturated heterocycles. The lowest BCUT2D eigenvalue weighted by molar-refractivity contribution is 0.277. The maximum atomic E-state index is 8.90.